The van der Waals surface area contributed by atoms with Gasteiger partial charge in [-0.3, -0.25) is 9.63 Å². The predicted molar refractivity (Wildman–Crippen MR) is 127 cm³/mol. The minimum Gasteiger partial charge on any atom is -0.479 e. The smallest absolute Gasteiger partial charge is 0.407 e. The molecule has 3 N–H and O–H groups in total. The van der Waals surface area contributed by atoms with E-state index in [-0.39, 0.29) is 30.7 Å². The van der Waals surface area contributed by atoms with Crippen molar-refractivity contribution in [3.8, 4) is 11.1 Å². The van der Waals surface area contributed by atoms with E-state index in [0.717, 1.165) is 35.1 Å². The molecule has 0 saturated heterocycles. The number of hydrogen-bond acceptors (Lipinski definition) is 7. The Morgan fingerprint density at radius 1 is 1.06 bits per heavy atom. The minimum absolute atomic E-state index is 0.0337. The van der Waals surface area contributed by atoms with E-state index in [9.17, 15) is 14.4 Å². The molecule has 35 heavy (non-hydrogen) atoms. The molecular weight excluding hydrogens is 470 g/mol. The largest absolute Gasteiger partial charge is 0.479 e. The monoisotopic (exact) mass is 493 g/mol. The average Bonchev–Trinajstić information content (AvgIpc) is 3.49. The molecule has 1 fully saturated rings. The van der Waals surface area contributed by atoms with Crippen molar-refractivity contribution in [2.45, 2.75) is 31.4 Å². The number of carboxylic acid groups (broad SMARTS) is 1. The average molecular weight is 494 g/mol. The SMILES string of the molecule is O=C(NCc1nc(C(=O)NOC(C(=O)O)C2CC2)cs1)OCC1c2ccccc2-c2ccccc21. The van der Waals surface area contributed by atoms with Gasteiger partial charge in [-0.25, -0.2) is 20.1 Å². The fraction of sp³-hybridized carbons (Fsp3) is 0.280. The molecule has 0 spiro atoms. The van der Waals surface area contributed by atoms with Gasteiger partial charge < -0.3 is 15.2 Å². The second-order valence-corrected chi connectivity index (χ2v) is 9.39. The number of nitrogens with zero attached hydrogens (tertiary/aromatic N) is 1. The molecule has 1 saturated carbocycles. The highest BCUT2D eigenvalue weighted by atomic mass is 32.1. The standard InChI is InChI=1S/C25H23N3O6S/c29-23(28-34-22(24(30)31)14-9-10-14)20-13-35-21(27-20)11-26-25(32)33-12-19-17-7-3-1-5-15(17)16-6-2-4-8-18(16)19/h1-8,13-14,19,22H,9-12H2,(H,26,32)(H,28,29)(H,30,31). The Morgan fingerprint density at radius 2 is 1.71 bits per heavy atom. The Morgan fingerprint density at radius 3 is 2.34 bits per heavy atom. The first-order valence-electron chi connectivity index (χ1n) is 11.2. The lowest BCUT2D eigenvalue weighted by Gasteiger charge is -2.14. The number of thiazole rings is 1. The molecule has 1 heterocycles. The lowest BCUT2D eigenvalue weighted by molar-refractivity contribution is -0.155. The van der Waals surface area contributed by atoms with Crippen LogP contribution >= 0.6 is 11.3 Å². The third kappa shape index (κ3) is 5.03. The molecule has 3 aromatic rings. The second kappa shape index (κ2) is 9.85. The number of nitrogens with one attached hydrogen (secondary N) is 2. The molecule has 0 radical (unpaired) electrons. The zero-order valence-corrected chi connectivity index (χ0v) is 19.4. The number of aromatic nitrogens is 1. The third-order valence-corrected chi connectivity index (χ3v) is 6.93. The number of aliphatic carboxylic acids is 1. The van der Waals surface area contributed by atoms with Crippen LogP contribution < -0.4 is 10.8 Å². The van der Waals surface area contributed by atoms with Gasteiger partial charge in [-0.1, -0.05) is 48.5 Å². The van der Waals surface area contributed by atoms with Crippen LogP contribution in [0.15, 0.2) is 53.9 Å². The van der Waals surface area contributed by atoms with Crippen LogP contribution in [0.5, 0.6) is 0 Å². The first kappa shape index (κ1) is 23.0. The van der Waals surface area contributed by atoms with Crippen molar-refractivity contribution >= 4 is 29.3 Å². The Bertz CT molecular complexity index is 1230. The van der Waals surface area contributed by atoms with Crippen molar-refractivity contribution in [2.24, 2.45) is 5.92 Å². The van der Waals surface area contributed by atoms with Gasteiger partial charge in [-0.05, 0) is 41.0 Å². The number of carboxylic acids is 1. The molecule has 5 rings (SSSR count). The van der Waals surface area contributed by atoms with E-state index in [4.69, 9.17) is 14.7 Å². The first-order chi connectivity index (χ1) is 17.0. The van der Waals surface area contributed by atoms with Gasteiger partial charge in [0.1, 0.15) is 17.3 Å². The van der Waals surface area contributed by atoms with E-state index in [1.807, 2.05) is 24.3 Å². The number of carbonyl (C=O) groups is 3. The summed E-state index contributed by atoms with van der Waals surface area (Å²) in [5.41, 5.74) is 6.81. The maximum Gasteiger partial charge on any atom is 0.407 e. The second-order valence-electron chi connectivity index (χ2n) is 8.45. The number of alkyl carbamates (subject to hydrolysis) is 1. The summed E-state index contributed by atoms with van der Waals surface area (Å²) in [4.78, 5) is 45.0. The van der Waals surface area contributed by atoms with Crippen LogP contribution in [0.2, 0.25) is 0 Å². The molecule has 2 aromatic carbocycles. The summed E-state index contributed by atoms with van der Waals surface area (Å²) in [6.07, 6.45) is -0.123. The van der Waals surface area contributed by atoms with Crippen molar-refractivity contribution in [1.29, 1.82) is 0 Å². The molecular formula is C25H23N3O6S. The number of benzene rings is 2. The van der Waals surface area contributed by atoms with Crippen molar-refractivity contribution in [3.05, 3.63) is 75.7 Å². The summed E-state index contributed by atoms with van der Waals surface area (Å²) in [7, 11) is 0. The topological polar surface area (TPSA) is 127 Å². The van der Waals surface area contributed by atoms with E-state index < -0.39 is 24.1 Å². The number of ether oxygens (including phenoxy) is 1. The number of rotatable bonds is 9. The van der Waals surface area contributed by atoms with Crippen LogP contribution in [0.1, 0.15) is 45.4 Å². The first-order valence-corrected chi connectivity index (χ1v) is 12.1. The van der Waals surface area contributed by atoms with Crippen molar-refractivity contribution < 1.29 is 29.1 Å². The van der Waals surface area contributed by atoms with E-state index >= 15 is 0 Å². The van der Waals surface area contributed by atoms with Crippen LogP contribution in [0.4, 0.5) is 4.79 Å². The van der Waals surface area contributed by atoms with Crippen LogP contribution in [-0.2, 0) is 20.9 Å². The highest BCUT2D eigenvalue weighted by Gasteiger charge is 2.38. The van der Waals surface area contributed by atoms with Gasteiger partial charge in [0, 0.05) is 11.3 Å². The fourth-order valence-electron chi connectivity index (χ4n) is 4.21. The summed E-state index contributed by atoms with van der Waals surface area (Å²) in [6, 6.07) is 16.2. The van der Waals surface area contributed by atoms with Gasteiger partial charge in [0.15, 0.2) is 6.10 Å². The molecule has 1 atom stereocenters. The molecule has 2 aliphatic carbocycles. The molecule has 0 bridgehead atoms. The normalized spacial score (nSPS) is 15.1. The number of fused-ring (bicyclic) bond motifs is 3. The van der Waals surface area contributed by atoms with Crippen LogP contribution in [0.3, 0.4) is 0 Å². The molecule has 9 nitrogen and oxygen atoms in total. The number of hydrogen-bond donors (Lipinski definition) is 3. The Kier molecular flexibility index (Phi) is 6.47. The molecule has 2 amide bonds. The van der Waals surface area contributed by atoms with Crippen LogP contribution in [0, 0.1) is 5.92 Å². The van der Waals surface area contributed by atoms with Crippen molar-refractivity contribution in [3.63, 3.8) is 0 Å². The lowest BCUT2D eigenvalue weighted by Crippen LogP contribution is -2.35. The summed E-state index contributed by atoms with van der Waals surface area (Å²) in [5.74, 6) is -1.87. The molecule has 180 valence electrons. The number of carbonyl (C=O) groups excluding carboxylic acids is 2. The number of amides is 2. The fourth-order valence-corrected chi connectivity index (χ4v) is 4.92. The van der Waals surface area contributed by atoms with Crippen molar-refractivity contribution in [2.75, 3.05) is 6.61 Å². The molecule has 0 aliphatic heterocycles. The molecule has 1 unspecified atom stereocenters. The predicted octanol–water partition coefficient (Wildman–Crippen LogP) is 3.71. The van der Waals surface area contributed by atoms with Gasteiger partial charge in [-0.2, -0.15) is 0 Å². The third-order valence-electron chi connectivity index (χ3n) is 6.08. The minimum atomic E-state index is -1.11. The summed E-state index contributed by atoms with van der Waals surface area (Å²) in [5, 5.41) is 13.8. The molecule has 1 aromatic heterocycles. The van der Waals surface area contributed by atoms with Gasteiger partial charge in [0.05, 0.1) is 6.54 Å². The highest BCUT2D eigenvalue weighted by Crippen LogP contribution is 2.44. The van der Waals surface area contributed by atoms with Gasteiger partial charge in [0.25, 0.3) is 5.91 Å². The summed E-state index contributed by atoms with van der Waals surface area (Å²) in [6.45, 7) is 0.295. The summed E-state index contributed by atoms with van der Waals surface area (Å²) >= 11 is 1.19. The van der Waals surface area contributed by atoms with E-state index in [0.29, 0.717) is 5.01 Å². The molecule has 10 heteroatoms. The zero-order valence-electron chi connectivity index (χ0n) is 18.6. The Labute approximate surface area is 205 Å². The maximum absolute atomic E-state index is 12.3. The van der Waals surface area contributed by atoms with Gasteiger partial charge >= 0.3 is 12.1 Å². The Balaban J connectivity index is 1.11. The lowest BCUT2D eigenvalue weighted by atomic mass is 9.98. The van der Waals surface area contributed by atoms with Gasteiger partial charge in [-0.15, -0.1) is 11.3 Å². The van der Waals surface area contributed by atoms with Crippen LogP contribution in [0.25, 0.3) is 11.1 Å². The van der Waals surface area contributed by atoms with Gasteiger partial charge in [0.2, 0.25) is 0 Å². The van der Waals surface area contributed by atoms with E-state index in [2.05, 4.69) is 40.0 Å². The van der Waals surface area contributed by atoms with Crippen LogP contribution in [-0.4, -0.2) is 40.8 Å². The number of hydroxylamine groups is 1. The Hall–Kier alpha value is -3.76. The molecule has 2 aliphatic rings. The zero-order chi connectivity index (χ0) is 24.4. The van der Waals surface area contributed by atoms with E-state index in [1.54, 1.807) is 0 Å². The highest BCUT2D eigenvalue weighted by molar-refractivity contribution is 7.09. The maximum atomic E-state index is 12.3. The van der Waals surface area contributed by atoms with Crippen molar-refractivity contribution in [1.82, 2.24) is 15.8 Å². The quantitative estimate of drug-likeness (QED) is 0.388. The summed E-state index contributed by atoms with van der Waals surface area (Å²) < 4.78 is 5.50. The van der Waals surface area contributed by atoms with E-state index in [1.165, 1.54) is 16.7 Å².